The van der Waals surface area contributed by atoms with E-state index in [0.29, 0.717) is 34.5 Å². The smallest absolute Gasteiger partial charge is 0.257 e. The van der Waals surface area contributed by atoms with Crippen LogP contribution < -0.4 is 19.6 Å². The number of hydrogen-bond donors (Lipinski definition) is 1. The van der Waals surface area contributed by atoms with Crippen molar-refractivity contribution in [3.8, 4) is 34.3 Å². The van der Waals surface area contributed by atoms with Crippen LogP contribution in [0, 0.1) is 0 Å². The average Bonchev–Trinajstić information content (AvgIpc) is 3.31. The highest BCUT2D eigenvalue weighted by molar-refractivity contribution is 5.88. The number of fused-ring (bicyclic) bond motifs is 1. The highest BCUT2D eigenvalue weighted by atomic mass is 16.7. The quantitative estimate of drug-likeness (QED) is 0.147. The zero-order valence-electron chi connectivity index (χ0n) is 24.1. The fourth-order valence-corrected chi connectivity index (χ4v) is 4.56. The molecule has 222 valence electrons. The van der Waals surface area contributed by atoms with Crippen LogP contribution in [0.4, 0.5) is 0 Å². The van der Waals surface area contributed by atoms with Crippen LogP contribution in [-0.4, -0.2) is 43.8 Å². The Bertz CT molecular complexity index is 1580. The maximum Gasteiger partial charge on any atom is 0.257 e. The summed E-state index contributed by atoms with van der Waals surface area (Å²) in [4.78, 5) is 25.0. The SMILES string of the molecule is C=CCc1c(-c2cc(=O)c3c(O)c(CC=C)c(OCC4=COC(C)(C)O4)cc3o2)ccc(OC)c1OC(C=O)OCC. The van der Waals surface area contributed by atoms with Crippen molar-refractivity contribution in [3.63, 3.8) is 0 Å². The van der Waals surface area contributed by atoms with Crippen LogP contribution >= 0.6 is 0 Å². The molecule has 0 saturated carbocycles. The molecule has 42 heavy (non-hydrogen) atoms. The second kappa shape index (κ2) is 12.9. The normalized spacial score (nSPS) is 14.3. The number of rotatable bonds is 14. The zero-order chi connectivity index (χ0) is 30.4. The highest BCUT2D eigenvalue weighted by Crippen LogP contribution is 2.42. The van der Waals surface area contributed by atoms with Crippen LogP contribution in [0.5, 0.6) is 23.0 Å². The van der Waals surface area contributed by atoms with E-state index in [-0.39, 0.29) is 60.0 Å². The largest absolute Gasteiger partial charge is 0.507 e. The van der Waals surface area contributed by atoms with Crippen LogP contribution in [0.1, 0.15) is 31.9 Å². The molecule has 1 atom stereocenters. The Morgan fingerprint density at radius 2 is 1.83 bits per heavy atom. The molecule has 0 bridgehead atoms. The van der Waals surface area contributed by atoms with Gasteiger partial charge in [0, 0.05) is 49.3 Å². The van der Waals surface area contributed by atoms with Crippen LogP contribution in [0.15, 0.2) is 70.8 Å². The van der Waals surface area contributed by atoms with Gasteiger partial charge in [0.15, 0.2) is 29.0 Å². The predicted octanol–water partition coefficient (Wildman–Crippen LogP) is 5.57. The number of carbonyl (C=O) groups excluding carboxylic acids is 1. The number of carbonyl (C=O) groups is 1. The number of aromatic hydroxyl groups is 1. The molecule has 0 radical (unpaired) electrons. The first-order chi connectivity index (χ1) is 20.2. The van der Waals surface area contributed by atoms with E-state index in [1.54, 1.807) is 51.1 Å². The van der Waals surface area contributed by atoms with Gasteiger partial charge < -0.3 is 37.9 Å². The third-order valence-corrected chi connectivity index (χ3v) is 6.36. The molecule has 1 aromatic heterocycles. The van der Waals surface area contributed by atoms with Gasteiger partial charge in [0.25, 0.3) is 6.29 Å². The number of aldehydes is 1. The molecule has 4 rings (SSSR count). The molecular formula is C32H34O10. The maximum atomic E-state index is 13.4. The Labute approximate surface area is 243 Å². The van der Waals surface area contributed by atoms with Gasteiger partial charge in [-0.15, -0.1) is 13.2 Å². The molecule has 2 heterocycles. The summed E-state index contributed by atoms with van der Waals surface area (Å²) in [5, 5.41) is 11.1. The van der Waals surface area contributed by atoms with E-state index in [0.717, 1.165) is 0 Å². The van der Waals surface area contributed by atoms with Crippen LogP contribution in [0.25, 0.3) is 22.3 Å². The van der Waals surface area contributed by atoms with E-state index in [4.69, 9.17) is 32.8 Å². The number of phenols is 1. The van der Waals surface area contributed by atoms with Gasteiger partial charge in [-0.2, -0.15) is 0 Å². The summed E-state index contributed by atoms with van der Waals surface area (Å²) in [7, 11) is 1.47. The van der Waals surface area contributed by atoms with Gasteiger partial charge in [0.2, 0.25) is 5.79 Å². The number of methoxy groups -OCH3 is 1. The van der Waals surface area contributed by atoms with Crippen molar-refractivity contribution >= 4 is 17.3 Å². The van der Waals surface area contributed by atoms with Crippen molar-refractivity contribution in [2.75, 3.05) is 20.3 Å². The molecule has 0 fully saturated rings. The lowest BCUT2D eigenvalue weighted by Crippen LogP contribution is -2.23. The zero-order valence-corrected chi connectivity index (χ0v) is 24.1. The maximum absolute atomic E-state index is 13.4. The number of hydrogen-bond acceptors (Lipinski definition) is 10. The van der Waals surface area contributed by atoms with E-state index in [1.165, 1.54) is 19.4 Å². The highest BCUT2D eigenvalue weighted by Gasteiger charge is 2.28. The lowest BCUT2D eigenvalue weighted by molar-refractivity contribution is -0.136. The minimum Gasteiger partial charge on any atom is -0.507 e. The molecule has 3 aromatic rings. The van der Waals surface area contributed by atoms with Crippen LogP contribution in [0.3, 0.4) is 0 Å². The minimum absolute atomic E-state index is 0.00336. The Morgan fingerprint density at radius 3 is 2.45 bits per heavy atom. The number of allylic oxidation sites excluding steroid dienone is 2. The Morgan fingerprint density at radius 1 is 1.10 bits per heavy atom. The van der Waals surface area contributed by atoms with E-state index in [2.05, 4.69) is 13.2 Å². The van der Waals surface area contributed by atoms with Crippen molar-refractivity contribution < 1.29 is 42.7 Å². The van der Waals surface area contributed by atoms with Gasteiger partial charge in [-0.05, 0) is 31.9 Å². The standard InChI is InChI=1S/C32H34O10/c1-7-10-21-20(12-13-24(36-6)31(21)41-28(16-33)37-9-3)26-14-23(34)29-27(40-26)15-25(22(11-8-2)30(29)35)38-17-19-18-39-32(4,5)42-19/h7-8,12-16,18,28,35H,1-2,9-11,17H2,3-6H3. The lowest BCUT2D eigenvalue weighted by atomic mass is 9.99. The molecule has 1 aliphatic heterocycles. The van der Waals surface area contributed by atoms with E-state index < -0.39 is 17.5 Å². The summed E-state index contributed by atoms with van der Waals surface area (Å²) in [6.45, 7) is 13.1. The van der Waals surface area contributed by atoms with Crippen molar-refractivity contribution in [2.24, 2.45) is 0 Å². The Hall–Kier alpha value is -4.70. The topological polar surface area (TPSA) is 123 Å². The van der Waals surface area contributed by atoms with Gasteiger partial charge >= 0.3 is 0 Å². The Kier molecular flexibility index (Phi) is 9.27. The molecule has 1 unspecified atom stereocenters. The summed E-state index contributed by atoms with van der Waals surface area (Å²) >= 11 is 0. The molecule has 1 aliphatic rings. The van der Waals surface area contributed by atoms with E-state index in [1.807, 2.05) is 0 Å². The average molecular weight is 579 g/mol. The Balaban J connectivity index is 1.85. The number of ether oxygens (including phenoxy) is 6. The van der Waals surface area contributed by atoms with Gasteiger partial charge in [0.05, 0.1) is 7.11 Å². The summed E-state index contributed by atoms with van der Waals surface area (Å²) in [6, 6.07) is 6.17. The molecule has 10 heteroatoms. The number of benzene rings is 2. The predicted molar refractivity (Wildman–Crippen MR) is 156 cm³/mol. The van der Waals surface area contributed by atoms with E-state index in [9.17, 15) is 14.7 Å². The molecular weight excluding hydrogens is 544 g/mol. The lowest BCUT2D eigenvalue weighted by Gasteiger charge is -2.21. The minimum atomic E-state index is -1.18. The fourth-order valence-electron chi connectivity index (χ4n) is 4.56. The third kappa shape index (κ3) is 6.28. The first-order valence-electron chi connectivity index (χ1n) is 13.3. The van der Waals surface area contributed by atoms with Crippen LogP contribution in [-0.2, 0) is 31.8 Å². The first kappa shape index (κ1) is 30.3. The summed E-state index contributed by atoms with van der Waals surface area (Å²) < 4.78 is 40.1. The molecule has 1 N–H and O–H groups in total. The van der Waals surface area contributed by atoms with Gasteiger partial charge in [-0.1, -0.05) is 12.2 Å². The summed E-state index contributed by atoms with van der Waals surface area (Å²) in [5.74, 6) is 0.444. The van der Waals surface area contributed by atoms with Crippen LogP contribution in [0.2, 0.25) is 0 Å². The molecule has 0 saturated heterocycles. The molecule has 0 aliphatic carbocycles. The third-order valence-electron chi connectivity index (χ3n) is 6.36. The molecule has 10 nitrogen and oxygen atoms in total. The van der Waals surface area contributed by atoms with E-state index >= 15 is 0 Å². The molecule has 0 spiro atoms. The van der Waals surface area contributed by atoms with Crippen molar-refractivity contribution in [1.82, 2.24) is 0 Å². The van der Waals surface area contributed by atoms with Gasteiger partial charge in [-0.3, -0.25) is 9.59 Å². The monoisotopic (exact) mass is 578 g/mol. The second-order valence-electron chi connectivity index (χ2n) is 9.73. The first-order valence-corrected chi connectivity index (χ1v) is 13.3. The van der Waals surface area contributed by atoms with Gasteiger partial charge in [0.1, 0.15) is 41.1 Å². The van der Waals surface area contributed by atoms with Crippen molar-refractivity contribution in [1.29, 1.82) is 0 Å². The summed E-state index contributed by atoms with van der Waals surface area (Å²) in [6.07, 6.45) is 4.59. The second-order valence-corrected chi connectivity index (χ2v) is 9.73. The van der Waals surface area contributed by atoms with Crippen molar-refractivity contribution in [3.05, 3.63) is 82.9 Å². The van der Waals surface area contributed by atoms with Gasteiger partial charge in [-0.25, -0.2) is 0 Å². The van der Waals surface area contributed by atoms with Crippen molar-refractivity contribution in [2.45, 2.75) is 45.7 Å². The number of phenolic OH excluding ortho intramolecular Hbond substituents is 1. The molecule has 0 amide bonds. The molecule has 2 aromatic carbocycles. The fraction of sp³-hybridized carbons (Fsp3) is 0.312. The summed E-state index contributed by atoms with van der Waals surface area (Å²) in [5.41, 5.74) is 1.04.